The maximum atomic E-state index is 11.8. The van der Waals surface area contributed by atoms with Crippen LogP contribution in [-0.2, 0) is 17.8 Å². The molecule has 0 radical (unpaired) electrons. The fourth-order valence-electron chi connectivity index (χ4n) is 3.08. The Balaban J connectivity index is 1.47. The Morgan fingerprint density at radius 2 is 2.00 bits per heavy atom. The predicted molar refractivity (Wildman–Crippen MR) is 116 cm³/mol. The lowest BCUT2D eigenvalue weighted by Crippen LogP contribution is -2.15. The number of methoxy groups -OCH3 is 1. The second kappa shape index (κ2) is 8.92. The molecule has 3 aromatic heterocycles. The van der Waals surface area contributed by atoms with Crippen molar-refractivity contribution in [3.63, 3.8) is 0 Å². The molecule has 3 heterocycles. The van der Waals surface area contributed by atoms with E-state index in [9.17, 15) is 9.90 Å². The van der Waals surface area contributed by atoms with Crippen molar-refractivity contribution in [1.29, 1.82) is 0 Å². The van der Waals surface area contributed by atoms with Gasteiger partial charge in [-0.25, -0.2) is 9.97 Å². The normalized spacial score (nSPS) is 11.9. The summed E-state index contributed by atoms with van der Waals surface area (Å²) in [6.45, 7) is 0.455. The number of rotatable bonds is 8. The number of nitrogen functional groups attached to an aromatic ring is 1. The number of aliphatic carboxylic acids is 1. The lowest BCUT2D eigenvalue weighted by molar-refractivity contribution is -0.138. The van der Waals surface area contributed by atoms with Gasteiger partial charge in [0.2, 0.25) is 0 Å². The van der Waals surface area contributed by atoms with Crippen LogP contribution in [0, 0.1) is 0 Å². The number of carboxylic acids is 1. The molecule has 0 aliphatic carbocycles. The molecule has 0 bridgehead atoms. The number of carboxylic acid groups (broad SMARTS) is 1. The number of aromatic nitrogens is 5. The third-order valence-corrected chi connectivity index (χ3v) is 5.67. The number of pyridine rings is 1. The SMILES string of the molecule is COc1ccc(-c2nnc(Cn3cnc(C(Cc4ccc(N)nc4)C(=O)O)c3)s2)cc1. The summed E-state index contributed by atoms with van der Waals surface area (Å²) in [5.74, 6) is -0.552. The molecule has 0 saturated heterocycles. The highest BCUT2D eigenvalue weighted by Crippen LogP contribution is 2.26. The van der Waals surface area contributed by atoms with Crippen LogP contribution in [0.2, 0.25) is 0 Å². The standard InChI is InChI=1S/C21H20N6O3S/c1-30-15-5-3-14(4-6-15)20-26-25-19(31-20)11-27-10-17(24-12-27)16(21(28)29)8-13-2-7-18(22)23-9-13/h2-7,9-10,12,16H,8,11H2,1H3,(H2,22,23)(H,28,29). The van der Waals surface area contributed by atoms with Gasteiger partial charge in [0.25, 0.3) is 0 Å². The highest BCUT2D eigenvalue weighted by atomic mass is 32.1. The molecule has 9 nitrogen and oxygen atoms in total. The van der Waals surface area contributed by atoms with Gasteiger partial charge < -0.3 is 20.1 Å². The molecular weight excluding hydrogens is 416 g/mol. The van der Waals surface area contributed by atoms with E-state index in [-0.39, 0.29) is 6.42 Å². The van der Waals surface area contributed by atoms with Gasteiger partial charge in [-0.2, -0.15) is 0 Å². The average Bonchev–Trinajstić information content (AvgIpc) is 3.43. The molecule has 31 heavy (non-hydrogen) atoms. The Bertz CT molecular complexity index is 1170. The Morgan fingerprint density at radius 3 is 2.68 bits per heavy atom. The number of imidazole rings is 1. The molecule has 0 amide bonds. The van der Waals surface area contributed by atoms with E-state index < -0.39 is 11.9 Å². The van der Waals surface area contributed by atoms with Crippen molar-refractivity contribution in [2.24, 2.45) is 0 Å². The largest absolute Gasteiger partial charge is 0.497 e. The van der Waals surface area contributed by atoms with E-state index in [2.05, 4.69) is 20.2 Å². The molecule has 0 spiro atoms. The summed E-state index contributed by atoms with van der Waals surface area (Å²) in [5, 5.41) is 19.8. The second-order valence-corrected chi connectivity index (χ2v) is 7.95. The molecule has 0 aliphatic heterocycles. The molecule has 0 saturated carbocycles. The van der Waals surface area contributed by atoms with Gasteiger partial charge in [-0.3, -0.25) is 4.79 Å². The summed E-state index contributed by atoms with van der Waals surface area (Å²) in [5.41, 5.74) is 7.81. The van der Waals surface area contributed by atoms with Gasteiger partial charge in [-0.05, 0) is 42.3 Å². The lowest BCUT2D eigenvalue weighted by atomic mass is 9.98. The highest BCUT2D eigenvalue weighted by molar-refractivity contribution is 7.14. The molecular formula is C21H20N6O3S. The van der Waals surface area contributed by atoms with Crippen LogP contribution in [0.5, 0.6) is 5.75 Å². The van der Waals surface area contributed by atoms with Crippen LogP contribution in [-0.4, -0.2) is 42.9 Å². The summed E-state index contributed by atoms with van der Waals surface area (Å²) < 4.78 is 6.99. The molecule has 1 aromatic carbocycles. The van der Waals surface area contributed by atoms with Crippen LogP contribution in [0.25, 0.3) is 10.6 Å². The molecule has 10 heteroatoms. The van der Waals surface area contributed by atoms with E-state index in [1.54, 1.807) is 38.0 Å². The first-order chi connectivity index (χ1) is 15.0. The smallest absolute Gasteiger partial charge is 0.312 e. The van der Waals surface area contributed by atoms with Gasteiger partial charge in [0.1, 0.15) is 27.5 Å². The van der Waals surface area contributed by atoms with E-state index in [0.29, 0.717) is 18.1 Å². The molecule has 4 rings (SSSR count). The number of ether oxygens (including phenoxy) is 1. The fourth-order valence-corrected chi connectivity index (χ4v) is 3.93. The highest BCUT2D eigenvalue weighted by Gasteiger charge is 2.23. The Hall–Kier alpha value is -3.79. The molecule has 1 atom stereocenters. The van der Waals surface area contributed by atoms with Gasteiger partial charge in [0, 0.05) is 18.0 Å². The molecule has 1 unspecified atom stereocenters. The van der Waals surface area contributed by atoms with Crippen molar-refractivity contribution >= 4 is 23.1 Å². The number of carbonyl (C=O) groups is 1. The summed E-state index contributed by atoms with van der Waals surface area (Å²) >= 11 is 1.47. The zero-order valence-corrected chi connectivity index (χ0v) is 17.5. The van der Waals surface area contributed by atoms with Gasteiger partial charge >= 0.3 is 5.97 Å². The third-order valence-electron chi connectivity index (χ3n) is 4.72. The van der Waals surface area contributed by atoms with E-state index in [4.69, 9.17) is 10.5 Å². The lowest BCUT2D eigenvalue weighted by Gasteiger charge is -2.09. The average molecular weight is 436 g/mol. The van der Waals surface area contributed by atoms with Crippen molar-refractivity contribution in [1.82, 2.24) is 24.7 Å². The van der Waals surface area contributed by atoms with Crippen LogP contribution in [0.1, 0.15) is 22.2 Å². The zero-order valence-electron chi connectivity index (χ0n) is 16.7. The molecule has 4 aromatic rings. The topological polar surface area (TPSA) is 129 Å². The maximum absolute atomic E-state index is 11.8. The van der Waals surface area contributed by atoms with E-state index in [1.165, 1.54) is 11.3 Å². The summed E-state index contributed by atoms with van der Waals surface area (Å²) in [6, 6.07) is 11.0. The van der Waals surface area contributed by atoms with Crippen molar-refractivity contribution in [3.05, 3.63) is 71.4 Å². The minimum atomic E-state index is -0.945. The number of hydrogen-bond acceptors (Lipinski definition) is 8. The Kier molecular flexibility index (Phi) is 5.89. The maximum Gasteiger partial charge on any atom is 0.312 e. The quantitative estimate of drug-likeness (QED) is 0.431. The minimum absolute atomic E-state index is 0.278. The third kappa shape index (κ3) is 4.86. The molecule has 158 valence electrons. The number of hydrogen-bond donors (Lipinski definition) is 2. The first-order valence-electron chi connectivity index (χ1n) is 9.43. The molecule has 3 N–H and O–H groups in total. The fraction of sp³-hybridized carbons (Fsp3) is 0.190. The number of benzene rings is 1. The number of nitrogens with two attached hydrogens (primary N) is 1. The summed E-state index contributed by atoms with van der Waals surface area (Å²) in [6.07, 6.45) is 5.21. The zero-order chi connectivity index (χ0) is 21.8. The van der Waals surface area contributed by atoms with Crippen LogP contribution >= 0.6 is 11.3 Å². The number of anilines is 1. The van der Waals surface area contributed by atoms with E-state index in [1.807, 2.05) is 28.8 Å². The first-order valence-corrected chi connectivity index (χ1v) is 10.2. The van der Waals surface area contributed by atoms with Gasteiger partial charge in [0.15, 0.2) is 0 Å². The number of nitrogens with zero attached hydrogens (tertiary/aromatic N) is 5. The van der Waals surface area contributed by atoms with Gasteiger partial charge in [-0.15, -0.1) is 10.2 Å². The predicted octanol–water partition coefficient (Wildman–Crippen LogP) is 2.85. The van der Waals surface area contributed by atoms with Crippen molar-refractivity contribution in [3.8, 4) is 16.3 Å². The molecule has 0 fully saturated rings. The van der Waals surface area contributed by atoms with E-state index >= 15 is 0 Å². The van der Waals surface area contributed by atoms with E-state index in [0.717, 1.165) is 26.9 Å². The van der Waals surface area contributed by atoms with Gasteiger partial charge in [0.05, 0.1) is 25.7 Å². The van der Waals surface area contributed by atoms with Gasteiger partial charge in [-0.1, -0.05) is 17.4 Å². The minimum Gasteiger partial charge on any atom is -0.497 e. The second-order valence-electron chi connectivity index (χ2n) is 6.89. The molecule has 0 aliphatic rings. The monoisotopic (exact) mass is 436 g/mol. The Morgan fingerprint density at radius 1 is 1.19 bits per heavy atom. The van der Waals surface area contributed by atoms with Crippen LogP contribution in [0.4, 0.5) is 5.82 Å². The van der Waals surface area contributed by atoms with Crippen LogP contribution in [0.15, 0.2) is 55.1 Å². The summed E-state index contributed by atoms with van der Waals surface area (Å²) in [4.78, 5) is 20.2. The first kappa shape index (κ1) is 20.5. The van der Waals surface area contributed by atoms with Crippen LogP contribution in [0.3, 0.4) is 0 Å². The Labute approximate surface area is 182 Å². The van der Waals surface area contributed by atoms with Crippen molar-refractivity contribution < 1.29 is 14.6 Å². The van der Waals surface area contributed by atoms with Crippen LogP contribution < -0.4 is 10.5 Å². The van der Waals surface area contributed by atoms with Crippen molar-refractivity contribution in [2.75, 3.05) is 12.8 Å². The summed E-state index contributed by atoms with van der Waals surface area (Å²) in [7, 11) is 1.62. The van der Waals surface area contributed by atoms with Crippen molar-refractivity contribution in [2.45, 2.75) is 18.9 Å².